The third-order valence-electron chi connectivity index (χ3n) is 2.30. The van der Waals surface area contributed by atoms with Crippen LogP contribution in [0.15, 0.2) is 39.4 Å². The van der Waals surface area contributed by atoms with E-state index in [1.165, 1.54) is 6.07 Å². The topological polar surface area (TPSA) is 34.1 Å². The van der Waals surface area contributed by atoms with E-state index in [0.29, 0.717) is 18.1 Å². The second-order valence-corrected chi connectivity index (χ2v) is 5.46. The van der Waals surface area contributed by atoms with E-state index in [4.69, 9.17) is 4.74 Å². The van der Waals surface area contributed by atoms with Crippen molar-refractivity contribution in [3.05, 3.63) is 45.2 Å². The summed E-state index contributed by atoms with van der Waals surface area (Å²) in [6.45, 7) is 2.25. The third-order valence-corrected chi connectivity index (χ3v) is 3.34. The molecule has 0 saturated heterocycles. The number of hydrogen-bond donors (Lipinski definition) is 1. The van der Waals surface area contributed by atoms with E-state index < -0.39 is 5.82 Å². The first-order valence-corrected chi connectivity index (χ1v) is 7.19. The molecule has 1 aromatic heterocycles. The number of rotatable bonds is 4. The zero-order chi connectivity index (χ0) is 13.8. The molecule has 1 aromatic carbocycles. The summed E-state index contributed by atoms with van der Waals surface area (Å²) in [4.78, 5) is 4.20. The number of anilines is 2. The number of hydrogen-bond acceptors (Lipinski definition) is 3. The van der Waals surface area contributed by atoms with Crippen LogP contribution in [0.5, 0.6) is 5.75 Å². The lowest BCUT2D eigenvalue weighted by molar-refractivity contribution is 0.321. The molecule has 2 aromatic rings. The molecule has 0 aliphatic rings. The number of pyridine rings is 1. The lowest BCUT2D eigenvalue weighted by atomic mass is 10.3. The Hall–Kier alpha value is -1.14. The van der Waals surface area contributed by atoms with E-state index in [-0.39, 0.29) is 5.75 Å². The molecule has 3 nitrogen and oxygen atoms in total. The van der Waals surface area contributed by atoms with Gasteiger partial charge in [-0.2, -0.15) is 0 Å². The van der Waals surface area contributed by atoms with Crippen LogP contribution in [0.4, 0.5) is 15.9 Å². The fourth-order valence-electron chi connectivity index (χ4n) is 1.49. The standard InChI is InChI=1S/C13H11Br2FN2O/c1-2-19-12-4-3-9(6-11(12)16)18-13-10(15)5-8(14)7-17-13/h3-7H,2H2,1H3,(H,17,18). The minimum Gasteiger partial charge on any atom is -0.491 e. The number of halogens is 3. The van der Waals surface area contributed by atoms with E-state index >= 15 is 0 Å². The van der Waals surface area contributed by atoms with Crippen molar-refractivity contribution < 1.29 is 9.13 Å². The van der Waals surface area contributed by atoms with Crippen LogP contribution in [0.25, 0.3) is 0 Å². The molecule has 0 unspecified atom stereocenters. The lowest BCUT2D eigenvalue weighted by Gasteiger charge is -2.10. The van der Waals surface area contributed by atoms with Gasteiger partial charge in [0, 0.05) is 22.4 Å². The zero-order valence-corrected chi connectivity index (χ0v) is 13.3. The van der Waals surface area contributed by atoms with E-state index in [1.807, 2.05) is 13.0 Å². The first-order chi connectivity index (χ1) is 9.10. The Labute approximate surface area is 127 Å². The van der Waals surface area contributed by atoms with Crippen LogP contribution in [-0.2, 0) is 0 Å². The summed E-state index contributed by atoms with van der Waals surface area (Å²) in [7, 11) is 0. The molecule has 0 bridgehead atoms. The molecule has 0 aliphatic carbocycles. The summed E-state index contributed by atoms with van der Waals surface area (Å²) in [6, 6.07) is 6.57. The fraction of sp³-hybridized carbons (Fsp3) is 0.154. The maximum atomic E-state index is 13.7. The number of nitrogens with zero attached hydrogens (tertiary/aromatic N) is 1. The summed E-state index contributed by atoms with van der Waals surface area (Å²) in [5, 5.41) is 3.04. The van der Waals surface area contributed by atoms with Crippen molar-refractivity contribution >= 4 is 43.4 Å². The van der Waals surface area contributed by atoms with Crippen molar-refractivity contribution in [3.63, 3.8) is 0 Å². The zero-order valence-electron chi connectivity index (χ0n) is 10.1. The summed E-state index contributed by atoms with van der Waals surface area (Å²) in [5.74, 6) is 0.461. The lowest BCUT2D eigenvalue weighted by Crippen LogP contribution is -1.98. The average molecular weight is 390 g/mol. The molecule has 1 N–H and O–H groups in total. The minimum atomic E-state index is -0.403. The Morgan fingerprint density at radius 3 is 2.74 bits per heavy atom. The highest BCUT2D eigenvalue weighted by Crippen LogP contribution is 2.28. The molecule has 6 heteroatoms. The highest BCUT2D eigenvalue weighted by molar-refractivity contribution is 9.11. The van der Waals surface area contributed by atoms with E-state index in [9.17, 15) is 4.39 Å². The second kappa shape index (κ2) is 6.34. The first kappa shape index (κ1) is 14.3. The molecule has 0 atom stereocenters. The van der Waals surface area contributed by atoms with Gasteiger partial charge >= 0.3 is 0 Å². The Morgan fingerprint density at radius 2 is 2.11 bits per heavy atom. The summed E-state index contributed by atoms with van der Waals surface area (Å²) < 4.78 is 20.5. The Morgan fingerprint density at radius 1 is 1.32 bits per heavy atom. The van der Waals surface area contributed by atoms with Crippen molar-refractivity contribution in [2.45, 2.75) is 6.92 Å². The molecule has 2 rings (SSSR count). The summed E-state index contributed by atoms with van der Waals surface area (Å²) in [5.41, 5.74) is 0.608. The first-order valence-electron chi connectivity index (χ1n) is 5.60. The van der Waals surface area contributed by atoms with Gasteiger partial charge in [-0.3, -0.25) is 0 Å². The van der Waals surface area contributed by atoms with Gasteiger partial charge in [-0.1, -0.05) is 0 Å². The second-order valence-electron chi connectivity index (χ2n) is 3.69. The molecule has 0 saturated carbocycles. The molecule has 0 aliphatic heterocycles. The number of aromatic nitrogens is 1. The van der Waals surface area contributed by atoms with Gasteiger partial charge < -0.3 is 10.1 Å². The summed E-state index contributed by atoms with van der Waals surface area (Å²) >= 11 is 6.71. The predicted octanol–water partition coefficient (Wildman–Crippen LogP) is 4.89. The van der Waals surface area contributed by atoms with Gasteiger partial charge in [0.1, 0.15) is 5.82 Å². The third kappa shape index (κ3) is 3.67. The van der Waals surface area contributed by atoms with Gasteiger partial charge in [-0.05, 0) is 57.0 Å². The van der Waals surface area contributed by atoms with Gasteiger partial charge in [-0.15, -0.1) is 0 Å². The largest absolute Gasteiger partial charge is 0.491 e. The average Bonchev–Trinajstić information content (AvgIpc) is 2.36. The van der Waals surface area contributed by atoms with Gasteiger partial charge in [0.15, 0.2) is 11.6 Å². The van der Waals surface area contributed by atoms with Crippen LogP contribution in [0, 0.1) is 5.82 Å². The molecule has 0 radical (unpaired) electrons. The smallest absolute Gasteiger partial charge is 0.167 e. The molecule has 0 fully saturated rings. The van der Waals surface area contributed by atoms with E-state index in [1.54, 1.807) is 18.3 Å². The normalized spacial score (nSPS) is 10.3. The van der Waals surface area contributed by atoms with Crippen molar-refractivity contribution in [1.29, 1.82) is 0 Å². The van der Waals surface area contributed by atoms with Crippen LogP contribution < -0.4 is 10.1 Å². The van der Waals surface area contributed by atoms with E-state index in [0.717, 1.165) is 8.95 Å². The van der Waals surface area contributed by atoms with Crippen molar-refractivity contribution in [2.24, 2.45) is 0 Å². The molecular formula is C13H11Br2FN2O. The van der Waals surface area contributed by atoms with Crippen LogP contribution in [0.3, 0.4) is 0 Å². The van der Waals surface area contributed by atoms with Crippen LogP contribution in [0.2, 0.25) is 0 Å². The monoisotopic (exact) mass is 388 g/mol. The van der Waals surface area contributed by atoms with Crippen molar-refractivity contribution in [1.82, 2.24) is 4.98 Å². The molecular weight excluding hydrogens is 379 g/mol. The molecule has 0 spiro atoms. The number of benzene rings is 1. The van der Waals surface area contributed by atoms with Crippen LogP contribution >= 0.6 is 31.9 Å². The highest BCUT2D eigenvalue weighted by atomic mass is 79.9. The van der Waals surface area contributed by atoms with Crippen molar-refractivity contribution in [2.75, 3.05) is 11.9 Å². The quantitative estimate of drug-likeness (QED) is 0.808. The minimum absolute atomic E-state index is 0.246. The van der Waals surface area contributed by atoms with Gasteiger partial charge in [0.2, 0.25) is 0 Å². The van der Waals surface area contributed by atoms with Crippen molar-refractivity contribution in [3.8, 4) is 5.75 Å². The molecule has 0 amide bonds. The maximum Gasteiger partial charge on any atom is 0.167 e. The SMILES string of the molecule is CCOc1ccc(Nc2ncc(Br)cc2Br)cc1F. The Bertz CT molecular complexity index is 593. The predicted molar refractivity (Wildman–Crippen MR) is 80.5 cm³/mol. The fourth-order valence-corrected chi connectivity index (χ4v) is 2.58. The Kier molecular flexibility index (Phi) is 4.76. The highest BCUT2D eigenvalue weighted by Gasteiger charge is 2.07. The van der Waals surface area contributed by atoms with Gasteiger partial charge in [-0.25, -0.2) is 9.37 Å². The number of ether oxygens (including phenoxy) is 1. The maximum absolute atomic E-state index is 13.7. The molecule has 1 heterocycles. The molecule has 19 heavy (non-hydrogen) atoms. The van der Waals surface area contributed by atoms with Crippen LogP contribution in [0.1, 0.15) is 6.92 Å². The van der Waals surface area contributed by atoms with Gasteiger partial charge in [0.05, 0.1) is 11.1 Å². The van der Waals surface area contributed by atoms with Gasteiger partial charge in [0.25, 0.3) is 0 Å². The van der Waals surface area contributed by atoms with Crippen LogP contribution in [-0.4, -0.2) is 11.6 Å². The summed E-state index contributed by atoms with van der Waals surface area (Å²) in [6.07, 6.45) is 1.66. The Balaban J connectivity index is 2.21. The number of nitrogens with one attached hydrogen (secondary N) is 1. The van der Waals surface area contributed by atoms with E-state index in [2.05, 4.69) is 42.2 Å². The molecule has 100 valence electrons.